The highest BCUT2D eigenvalue weighted by Crippen LogP contribution is 2.03. The molecule has 0 saturated carbocycles. The molecule has 2 heterocycles. The van der Waals surface area contributed by atoms with E-state index in [4.69, 9.17) is 10.2 Å². The number of aromatic nitrogens is 4. The number of rotatable bonds is 5. The monoisotopic (exact) mass is 293 g/mol. The summed E-state index contributed by atoms with van der Waals surface area (Å²) < 4.78 is 1.32. The number of carboxylic acids is 2. The molecule has 2 rings (SSSR count). The van der Waals surface area contributed by atoms with Crippen LogP contribution in [-0.2, 0) is 9.59 Å². The van der Waals surface area contributed by atoms with E-state index in [2.05, 4.69) is 20.4 Å². The summed E-state index contributed by atoms with van der Waals surface area (Å²) in [5.74, 6) is -3.78. The zero-order valence-corrected chi connectivity index (χ0v) is 10.8. The van der Waals surface area contributed by atoms with Crippen molar-refractivity contribution in [3.8, 4) is 0 Å². The molecule has 1 amide bonds. The average Bonchev–Trinajstić information content (AvgIpc) is 2.82. The lowest BCUT2D eigenvalue weighted by Gasteiger charge is -2.10. The molecule has 3 N–H and O–H groups in total. The number of hydrogen-bond donors (Lipinski definition) is 3. The molecule has 0 aliphatic rings. The van der Waals surface area contributed by atoms with Gasteiger partial charge in [-0.2, -0.15) is 4.98 Å². The van der Waals surface area contributed by atoms with Gasteiger partial charge in [0.1, 0.15) is 6.04 Å². The Morgan fingerprint density at radius 1 is 1.38 bits per heavy atom. The fourth-order valence-corrected chi connectivity index (χ4v) is 1.60. The summed E-state index contributed by atoms with van der Waals surface area (Å²) in [5.41, 5.74) is 0.687. The van der Waals surface area contributed by atoms with Crippen LogP contribution in [0.15, 0.2) is 12.3 Å². The molecule has 21 heavy (non-hydrogen) atoms. The van der Waals surface area contributed by atoms with Crippen LogP contribution >= 0.6 is 0 Å². The normalized spacial score (nSPS) is 12.0. The fourth-order valence-electron chi connectivity index (χ4n) is 1.60. The van der Waals surface area contributed by atoms with Gasteiger partial charge in [-0.3, -0.25) is 9.59 Å². The van der Waals surface area contributed by atoms with E-state index in [0.29, 0.717) is 5.69 Å². The van der Waals surface area contributed by atoms with Crippen molar-refractivity contribution in [2.75, 3.05) is 0 Å². The van der Waals surface area contributed by atoms with Crippen LogP contribution in [0.3, 0.4) is 0 Å². The molecular weight excluding hydrogens is 282 g/mol. The number of amides is 1. The van der Waals surface area contributed by atoms with Crippen LogP contribution in [-0.4, -0.2) is 53.7 Å². The van der Waals surface area contributed by atoms with E-state index in [0.717, 1.165) is 0 Å². The Morgan fingerprint density at radius 2 is 2.10 bits per heavy atom. The van der Waals surface area contributed by atoms with Gasteiger partial charge in [0, 0.05) is 11.9 Å². The lowest BCUT2D eigenvalue weighted by atomic mass is 10.2. The number of nitrogens with zero attached hydrogens (tertiary/aromatic N) is 4. The second-order valence-electron chi connectivity index (χ2n) is 4.20. The number of carbonyl (C=O) groups is 3. The van der Waals surface area contributed by atoms with Gasteiger partial charge in [0.25, 0.3) is 11.7 Å². The Hall–Kier alpha value is -3.04. The second kappa shape index (κ2) is 5.53. The summed E-state index contributed by atoms with van der Waals surface area (Å²) in [6.07, 6.45) is 0.747. The van der Waals surface area contributed by atoms with Crippen LogP contribution in [0.2, 0.25) is 0 Å². The predicted molar refractivity (Wildman–Crippen MR) is 66.7 cm³/mol. The lowest BCUT2D eigenvalue weighted by Crippen LogP contribution is -2.42. The van der Waals surface area contributed by atoms with Crippen LogP contribution < -0.4 is 5.32 Å². The van der Waals surface area contributed by atoms with Gasteiger partial charge in [-0.1, -0.05) is 0 Å². The first kappa shape index (κ1) is 14.4. The molecule has 0 aliphatic carbocycles. The lowest BCUT2D eigenvalue weighted by molar-refractivity contribution is -0.145. The van der Waals surface area contributed by atoms with Gasteiger partial charge in [0.05, 0.1) is 6.42 Å². The van der Waals surface area contributed by atoms with Gasteiger partial charge in [-0.05, 0) is 13.0 Å². The predicted octanol–water partition coefficient (Wildman–Crippen LogP) is -0.910. The molecule has 0 radical (unpaired) electrons. The summed E-state index contributed by atoms with van der Waals surface area (Å²) in [7, 11) is 0. The largest absolute Gasteiger partial charge is 0.481 e. The highest BCUT2D eigenvalue weighted by Gasteiger charge is 2.25. The van der Waals surface area contributed by atoms with Crippen LogP contribution in [0.1, 0.15) is 22.7 Å². The topological polar surface area (TPSA) is 147 Å². The number of carboxylic acid groups (broad SMARTS) is 2. The van der Waals surface area contributed by atoms with Gasteiger partial charge in [-0.15, -0.1) is 5.10 Å². The minimum absolute atomic E-state index is 0.185. The quantitative estimate of drug-likeness (QED) is 0.642. The number of carbonyl (C=O) groups excluding carboxylic acids is 1. The Morgan fingerprint density at radius 3 is 2.67 bits per heavy atom. The van der Waals surface area contributed by atoms with E-state index in [9.17, 15) is 14.4 Å². The third kappa shape index (κ3) is 3.11. The Balaban J connectivity index is 2.23. The summed E-state index contributed by atoms with van der Waals surface area (Å²) >= 11 is 0. The van der Waals surface area contributed by atoms with E-state index in [-0.39, 0.29) is 11.6 Å². The van der Waals surface area contributed by atoms with Crippen LogP contribution in [0.5, 0.6) is 0 Å². The molecule has 0 aliphatic heterocycles. The van der Waals surface area contributed by atoms with Crippen molar-refractivity contribution >= 4 is 23.6 Å². The highest BCUT2D eigenvalue weighted by atomic mass is 16.4. The molecule has 2 aromatic heterocycles. The molecule has 0 spiro atoms. The van der Waals surface area contributed by atoms with E-state index >= 15 is 0 Å². The maximum absolute atomic E-state index is 11.9. The molecular formula is C11H11N5O5. The van der Waals surface area contributed by atoms with Crippen LogP contribution in [0.4, 0.5) is 0 Å². The zero-order chi connectivity index (χ0) is 15.6. The standard InChI is InChI=1S/C11H11N5O5/c1-5-2-3-12-11-14-8(15-16(5)11)9(19)13-6(10(20)21)4-7(17)18/h2-3,6H,4H2,1H3,(H,13,19)(H,17,18)(H,20,21)/t6-/m1/s1. The summed E-state index contributed by atoms with van der Waals surface area (Å²) in [4.78, 5) is 41.1. The van der Waals surface area contributed by atoms with Crippen molar-refractivity contribution in [3.05, 3.63) is 23.8 Å². The summed E-state index contributed by atoms with van der Waals surface area (Å²) in [6, 6.07) is 0.101. The first-order valence-corrected chi connectivity index (χ1v) is 5.82. The van der Waals surface area contributed by atoms with E-state index in [1.54, 1.807) is 13.0 Å². The number of nitrogens with one attached hydrogen (secondary N) is 1. The third-order valence-electron chi connectivity index (χ3n) is 2.62. The number of hydrogen-bond acceptors (Lipinski definition) is 6. The average molecular weight is 293 g/mol. The van der Waals surface area contributed by atoms with E-state index in [1.807, 2.05) is 0 Å². The van der Waals surface area contributed by atoms with Crippen molar-refractivity contribution < 1.29 is 24.6 Å². The number of aliphatic carboxylic acids is 2. The van der Waals surface area contributed by atoms with Crippen LogP contribution in [0.25, 0.3) is 5.78 Å². The van der Waals surface area contributed by atoms with Gasteiger partial charge < -0.3 is 15.5 Å². The Kier molecular flexibility index (Phi) is 3.78. The van der Waals surface area contributed by atoms with Gasteiger partial charge in [-0.25, -0.2) is 14.3 Å². The zero-order valence-electron chi connectivity index (χ0n) is 10.8. The molecule has 0 bridgehead atoms. The van der Waals surface area contributed by atoms with Crippen molar-refractivity contribution in [2.24, 2.45) is 0 Å². The molecule has 0 aromatic carbocycles. The van der Waals surface area contributed by atoms with E-state index < -0.39 is 30.3 Å². The van der Waals surface area contributed by atoms with Crippen LogP contribution in [0, 0.1) is 6.92 Å². The molecule has 10 nitrogen and oxygen atoms in total. The third-order valence-corrected chi connectivity index (χ3v) is 2.62. The van der Waals surface area contributed by atoms with Crippen molar-refractivity contribution in [3.63, 3.8) is 0 Å². The Labute approximate surface area is 117 Å². The molecule has 0 fully saturated rings. The highest BCUT2D eigenvalue weighted by molar-refractivity contribution is 5.94. The maximum Gasteiger partial charge on any atom is 0.326 e. The molecule has 1 atom stereocenters. The van der Waals surface area contributed by atoms with E-state index in [1.165, 1.54) is 10.7 Å². The van der Waals surface area contributed by atoms with Crippen molar-refractivity contribution in [1.82, 2.24) is 24.9 Å². The Bertz CT molecular complexity index is 725. The first-order valence-electron chi connectivity index (χ1n) is 5.82. The second-order valence-corrected chi connectivity index (χ2v) is 4.20. The van der Waals surface area contributed by atoms with Crippen molar-refractivity contribution in [1.29, 1.82) is 0 Å². The molecule has 110 valence electrons. The first-order chi connectivity index (χ1) is 9.88. The SMILES string of the molecule is Cc1ccnc2nc(C(=O)N[C@H](CC(=O)O)C(=O)O)nn12. The minimum Gasteiger partial charge on any atom is -0.481 e. The summed E-state index contributed by atoms with van der Waals surface area (Å²) in [6.45, 7) is 1.73. The summed E-state index contributed by atoms with van der Waals surface area (Å²) in [5, 5.41) is 23.4. The molecule has 10 heteroatoms. The number of aryl methyl sites for hydroxylation is 1. The molecule has 0 unspecified atom stereocenters. The van der Waals surface area contributed by atoms with Gasteiger partial charge in [0.2, 0.25) is 5.82 Å². The number of fused-ring (bicyclic) bond motifs is 1. The molecule has 0 saturated heterocycles. The minimum atomic E-state index is -1.56. The van der Waals surface area contributed by atoms with Crippen molar-refractivity contribution in [2.45, 2.75) is 19.4 Å². The van der Waals surface area contributed by atoms with Gasteiger partial charge in [0.15, 0.2) is 0 Å². The smallest absolute Gasteiger partial charge is 0.326 e. The molecule has 2 aromatic rings. The van der Waals surface area contributed by atoms with Gasteiger partial charge >= 0.3 is 11.9 Å². The maximum atomic E-state index is 11.9. The fraction of sp³-hybridized carbons (Fsp3) is 0.273.